The second-order valence-corrected chi connectivity index (χ2v) is 5.69. The van der Waals surface area contributed by atoms with Crippen LogP contribution in [0.1, 0.15) is 16.2 Å². The minimum atomic E-state index is -0.414. The van der Waals surface area contributed by atoms with Crippen LogP contribution in [0.4, 0.5) is 10.1 Å². The number of aromatic nitrogens is 3. The van der Waals surface area contributed by atoms with E-state index in [1.54, 1.807) is 24.5 Å². The average molecular weight is 375 g/mol. The number of benzene rings is 1. The fraction of sp³-hybridized carbons (Fsp3) is 0.0625. The number of hydrogen-bond acceptors (Lipinski definition) is 3. The number of pyridine rings is 1. The van der Waals surface area contributed by atoms with E-state index >= 15 is 0 Å². The number of carbonyl (C=O) groups is 1. The van der Waals surface area contributed by atoms with Gasteiger partial charge in [0.2, 0.25) is 0 Å². The van der Waals surface area contributed by atoms with Crippen molar-refractivity contribution in [3.63, 3.8) is 0 Å². The summed E-state index contributed by atoms with van der Waals surface area (Å²) in [6.45, 7) is 1.88. The van der Waals surface area contributed by atoms with Gasteiger partial charge in [0.25, 0.3) is 5.91 Å². The van der Waals surface area contributed by atoms with Crippen molar-refractivity contribution in [2.45, 2.75) is 6.92 Å². The van der Waals surface area contributed by atoms with Crippen molar-refractivity contribution in [2.24, 2.45) is 0 Å². The number of nitrogens with one attached hydrogen (secondary N) is 1. The number of anilines is 1. The summed E-state index contributed by atoms with van der Waals surface area (Å²) in [7, 11) is 0. The standard InChI is InChI=1S/C16H12BrFN4O/c1-10-19-6-7-22(10)15-5-3-12(9-20-15)21-16(23)11-2-4-14(18)13(17)8-11/h2-9H,1H3,(H,21,23). The highest BCUT2D eigenvalue weighted by molar-refractivity contribution is 9.10. The first kappa shape index (κ1) is 15.4. The van der Waals surface area contributed by atoms with Gasteiger partial charge in [-0.15, -0.1) is 0 Å². The van der Waals surface area contributed by atoms with Gasteiger partial charge < -0.3 is 5.32 Å². The summed E-state index contributed by atoms with van der Waals surface area (Å²) in [4.78, 5) is 20.6. The van der Waals surface area contributed by atoms with Crippen LogP contribution < -0.4 is 5.32 Å². The molecular formula is C16H12BrFN4O. The zero-order valence-electron chi connectivity index (χ0n) is 12.1. The second-order valence-electron chi connectivity index (χ2n) is 4.83. The van der Waals surface area contributed by atoms with E-state index in [4.69, 9.17) is 0 Å². The fourth-order valence-electron chi connectivity index (χ4n) is 2.06. The molecule has 5 nitrogen and oxygen atoms in total. The molecule has 1 amide bonds. The first-order chi connectivity index (χ1) is 11.0. The molecule has 0 bridgehead atoms. The van der Waals surface area contributed by atoms with Crippen molar-refractivity contribution < 1.29 is 9.18 Å². The predicted molar refractivity (Wildman–Crippen MR) is 88.1 cm³/mol. The summed E-state index contributed by atoms with van der Waals surface area (Å²) in [5.74, 6) is 0.787. The molecule has 2 heterocycles. The molecule has 0 radical (unpaired) electrons. The lowest BCUT2D eigenvalue weighted by atomic mass is 10.2. The second kappa shape index (κ2) is 6.29. The molecule has 0 fully saturated rings. The maximum atomic E-state index is 13.2. The molecule has 1 aromatic carbocycles. The van der Waals surface area contributed by atoms with Gasteiger partial charge in [0.1, 0.15) is 17.5 Å². The van der Waals surface area contributed by atoms with Gasteiger partial charge in [-0.05, 0) is 53.2 Å². The minimum Gasteiger partial charge on any atom is -0.321 e. The molecule has 0 aliphatic rings. The molecule has 0 unspecified atom stereocenters. The Bertz CT molecular complexity index is 861. The van der Waals surface area contributed by atoms with Gasteiger partial charge in [-0.1, -0.05) is 0 Å². The molecule has 23 heavy (non-hydrogen) atoms. The molecule has 2 aromatic heterocycles. The topological polar surface area (TPSA) is 59.8 Å². The molecule has 1 N–H and O–H groups in total. The highest BCUT2D eigenvalue weighted by atomic mass is 79.9. The Kier molecular flexibility index (Phi) is 4.20. The zero-order valence-corrected chi connectivity index (χ0v) is 13.7. The van der Waals surface area contributed by atoms with Crippen LogP contribution in [0.3, 0.4) is 0 Å². The Morgan fingerprint density at radius 2 is 2.09 bits per heavy atom. The molecule has 7 heteroatoms. The lowest BCUT2D eigenvalue weighted by Crippen LogP contribution is -2.12. The van der Waals surface area contributed by atoms with Crippen LogP contribution in [0, 0.1) is 12.7 Å². The van der Waals surface area contributed by atoms with E-state index in [1.807, 2.05) is 17.7 Å². The number of imidazole rings is 1. The van der Waals surface area contributed by atoms with E-state index in [2.05, 4.69) is 31.2 Å². The average Bonchev–Trinajstić information content (AvgIpc) is 2.97. The highest BCUT2D eigenvalue weighted by Crippen LogP contribution is 2.18. The number of nitrogens with zero attached hydrogens (tertiary/aromatic N) is 3. The Morgan fingerprint density at radius 3 is 2.70 bits per heavy atom. The van der Waals surface area contributed by atoms with Crippen LogP contribution in [0.15, 0.2) is 53.4 Å². The molecule has 0 atom stereocenters. The Balaban J connectivity index is 1.76. The molecule has 0 aliphatic heterocycles. The van der Waals surface area contributed by atoms with Crippen molar-refractivity contribution in [2.75, 3.05) is 5.32 Å². The van der Waals surface area contributed by atoms with Gasteiger partial charge in [-0.3, -0.25) is 9.36 Å². The zero-order chi connectivity index (χ0) is 16.4. The van der Waals surface area contributed by atoms with E-state index in [0.29, 0.717) is 17.1 Å². The predicted octanol–water partition coefficient (Wildman–Crippen LogP) is 3.73. The van der Waals surface area contributed by atoms with Crippen LogP contribution >= 0.6 is 15.9 Å². The molecule has 3 rings (SSSR count). The van der Waals surface area contributed by atoms with Crippen LogP contribution in [0.25, 0.3) is 5.82 Å². The Labute approximate surface area is 140 Å². The summed E-state index contributed by atoms with van der Waals surface area (Å²) in [5.41, 5.74) is 0.907. The third-order valence-corrected chi connectivity index (χ3v) is 3.87. The smallest absolute Gasteiger partial charge is 0.255 e. The Morgan fingerprint density at radius 1 is 1.26 bits per heavy atom. The van der Waals surface area contributed by atoms with Gasteiger partial charge in [0.15, 0.2) is 0 Å². The van der Waals surface area contributed by atoms with E-state index in [1.165, 1.54) is 18.2 Å². The molecular weight excluding hydrogens is 363 g/mol. The number of amides is 1. The normalized spacial score (nSPS) is 10.6. The minimum absolute atomic E-state index is 0.245. The molecule has 0 saturated heterocycles. The van der Waals surface area contributed by atoms with Gasteiger partial charge in [-0.25, -0.2) is 14.4 Å². The highest BCUT2D eigenvalue weighted by Gasteiger charge is 2.09. The molecule has 116 valence electrons. The van der Waals surface area contributed by atoms with Crippen molar-refractivity contribution in [3.05, 3.63) is 70.6 Å². The van der Waals surface area contributed by atoms with Gasteiger partial charge in [0.05, 0.1) is 16.4 Å². The third-order valence-electron chi connectivity index (χ3n) is 3.26. The number of rotatable bonds is 3. The molecule has 0 aliphatic carbocycles. The van der Waals surface area contributed by atoms with Crippen molar-refractivity contribution in [3.8, 4) is 5.82 Å². The summed E-state index contributed by atoms with van der Waals surface area (Å²) in [5, 5.41) is 2.72. The van der Waals surface area contributed by atoms with Crippen molar-refractivity contribution in [1.82, 2.24) is 14.5 Å². The van der Waals surface area contributed by atoms with Gasteiger partial charge in [0, 0.05) is 18.0 Å². The van der Waals surface area contributed by atoms with Crippen molar-refractivity contribution >= 4 is 27.5 Å². The maximum absolute atomic E-state index is 13.2. The van der Waals surface area contributed by atoms with Crippen LogP contribution in [-0.4, -0.2) is 20.4 Å². The van der Waals surface area contributed by atoms with E-state index in [0.717, 1.165) is 5.82 Å². The maximum Gasteiger partial charge on any atom is 0.255 e. The summed E-state index contributed by atoms with van der Waals surface area (Å²) < 4.78 is 15.3. The lowest BCUT2D eigenvalue weighted by Gasteiger charge is -2.08. The van der Waals surface area contributed by atoms with E-state index in [-0.39, 0.29) is 10.4 Å². The molecule has 0 saturated carbocycles. The lowest BCUT2D eigenvalue weighted by molar-refractivity contribution is 0.102. The SMILES string of the molecule is Cc1nccn1-c1ccc(NC(=O)c2ccc(F)c(Br)c2)cn1. The number of aryl methyl sites for hydroxylation is 1. The summed E-state index contributed by atoms with van der Waals surface area (Å²) in [6, 6.07) is 7.62. The van der Waals surface area contributed by atoms with Crippen molar-refractivity contribution in [1.29, 1.82) is 0 Å². The molecule has 3 aromatic rings. The summed E-state index contributed by atoms with van der Waals surface area (Å²) >= 11 is 3.06. The van der Waals surface area contributed by atoms with Crippen LogP contribution in [0.2, 0.25) is 0 Å². The Hall–Kier alpha value is -2.54. The first-order valence-corrected chi connectivity index (χ1v) is 7.56. The number of halogens is 2. The number of carbonyl (C=O) groups excluding carboxylic acids is 1. The number of hydrogen-bond donors (Lipinski definition) is 1. The van der Waals surface area contributed by atoms with Crippen LogP contribution in [0.5, 0.6) is 0 Å². The van der Waals surface area contributed by atoms with Crippen LogP contribution in [-0.2, 0) is 0 Å². The van der Waals surface area contributed by atoms with Gasteiger partial charge >= 0.3 is 0 Å². The summed E-state index contributed by atoms with van der Waals surface area (Å²) in [6.07, 6.45) is 5.07. The quantitative estimate of drug-likeness (QED) is 0.759. The third kappa shape index (κ3) is 3.29. The molecule has 0 spiro atoms. The monoisotopic (exact) mass is 374 g/mol. The van der Waals surface area contributed by atoms with E-state index < -0.39 is 5.82 Å². The van der Waals surface area contributed by atoms with E-state index in [9.17, 15) is 9.18 Å². The van der Waals surface area contributed by atoms with Gasteiger partial charge in [-0.2, -0.15) is 0 Å². The fourth-order valence-corrected chi connectivity index (χ4v) is 2.44. The largest absolute Gasteiger partial charge is 0.321 e. The first-order valence-electron chi connectivity index (χ1n) is 6.77.